The minimum absolute atomic E-state index is 0.0305. The van der Waals surface area contributed by atoms with Crippen LogP contribution in [0.25, 0.3) is 121 Å². The maximum atomic E-state index is 9.07. The minimum Gasteiger partial charge on any atom is -0.309 e. The Morgan fingerprint density at radius 3 is 1.25 bits per heavy atom. The maximum absolute atomic E-state index is 9.07. The highest BCUT2D eigenvalue weighted by Gasteiger charge is 2.20. The second kappa shape index (κ2) is 13.4. The molecule has 0 aliphatic heterocycles. The Morgan fingerprint density at radius 1 is 0.266 bits per heavy atom. The van der Waals surface area contributed by atoms with E-state index in [1.54, 1.807) is 0 Å². The van der Waals surface area contributed by atoms with E-state index in [0.29, 0.717) is 10.9 Å². The van der Waals surface area contributed by atoms with Crippen LogP contribution in [0.1, 0.15) is 5.48 Å². The van der Waals surface area contributed by atoms with Crippen LogP contribution in [-0.4, -0.2) is 18.3 Å². The third kappa shape index (κ3) is 4.93. The van der Waals surface area contributed by atoms with Crippen molar-refractivity contribution in [1.29, 1.82) is 0 Å². The minimum atomic E-state index is -0.243. The predicted octanol–water partition coefficient (Wildman–Crippen LogP) is 15.7. The molecular formula is C60H38N4. The van der Waals surface area contributed by atoms with Gasteiger partial charge in [0.15, 0.2) is 0 Å². The zero-order valence-corrected chi connectivity index (χ0v) is 34.4. The molecule has 0 saturated carbocycles. The van der Waals surface area contributed by atoms with Crippen molar-refractivity contribution in [3.8, 4) is 33.9 Å². The fraction of sp³-hybridized carbons (Fsp3) is 0. The summed E-state index contributed by atoms with van der Waals surface area (Å²) < 4.78 is 44.2. The van der Waals surface area contributed by atoms with Crippen molar-refractivity contribution < 1.29 is 5.48 Å². The van der Waals surface area contributed by atoms with Crippen LogP contribution in [0.3, 0.4) is 0 Å². The summed E-state index contributed by atoms with van der Waals surface area (Å²) in [6, 6.07) is 72.5. The van der Waals surface area contributed by atoms with Gasteiger partial charge in [0.05, 0.1) is 55.3 Å². The molecule has 4 heterocycles. The van der Waals surface area contributed by atoms with Gasteiger partial charge < -0.3 is 18.3 Å². The number of hydrogen-bond acceptors (Lipinski definition) is 0. The largest absolute Gasteiger partial charge is 0.309 e. The Kier molecular flexibility index (Phi) is 6.57. The van der Waals surface area contributed by atoms with Crippen LogP contribution in [0.15, 0.2) is 230 Å². The van der Waals surface area contributed by atoms with Gasteiger partial charge in [0.25, 0.3) is 0 Å². The molecule has 0 aliphatic rings. The quantitative estimate of drug-likeness (QED) is 0.165. The van der Waals surface area contributed by atoms with Crippen LogP contribution in [-0.2, 0) is 0 Å². The molecule has 0 unspecified atom stereocenters. The van der Waals surface area contributed by atoms with E-state index in [9.17, 15) is 0 Å². The van der Waals surface area contributed by atoms with Crippen LogP contribution < -0.4 is 0 Å². The van der Waals surface area contributed by atoms with Crippen molar-refractivity contribution in [1.82, 2.24) is 18.3 Å². The second-order valence-electron chi connectivity index (χ2n) is 16.6. The van der Waals surface area contributed by atoms with Gasteiger partial charge in [-0.1, -0.05) is 139 Å². The van der Waals surface area contributed by atoms with Gasteiger partial charge in [-0.05, 0) is 96.5 Å². The zero-order chi connectivity index (χ0) is 45.4. The molecule has 64 heavy (non-hydrogen) atoms. The van der Waals surface area contributed by atoms with E-state index in [0.717, 1.165) is 77.6 Å². The number of hydrogen-bond donors (Lipinski definition) is 0. The summed E-state index contributed by atoms with van der Waals surface area (Å²) in [6.45, 7) is 0. The standard InChI is InChI=1S/C60H38N4/c1-8-25-52(64-58-31-14-7-24-49(58)51-38-42(33-35-60(51)64)63-55-28-11-4-21-46(55)47-22-5-12-29-56(47)63)43(18-1)39-16-15-17-40(36-39)61-57-30-13-6-23-48(57)50-37-41(32-34-59(50)61)62-53-26-9-2-19-44(53)45-20-3-10-27-54(45)62/h1-38H/i4D,11D,21D,28D. The van der Waals surface area contributed by atoms with Crippen molar-refractivity contribution in [3.63, 3.8) is 0 Å². The third-order valence-electron chi connectivity index (χ3n) is 13.3. The highest BCUT2D eigenvalue weighted by Crippen LogP contribution is 2.41. The van der Waals surface area contributed by atoms with Crippen LogP contribution in [0.2, 0.25) is 0 Å². The van der Waals surface area contributed by atoms with Crippen molar-refractivity contribution in [3.05, 3.63) is 230 Å². The SMILES string of the molecule is [2H]c1c([2H])c([2H])c2c(c1[2H])c1ccccc1n2-c1ccc2c(c1)c1ccccc1n2-c1ccccc1-c1cccc(-n2c3ccccc3c3cc(-n4c5ccccc5c5ccccc54)ccc32)c1. The van der Waals surface area contributed by atoms with Gasteiger partial charge in [0.2, 0.25) is 0 Å². The molecule has 0 N–H and O–H groups in total. The first-order valence-electron chi connectivity index (χ1n) is 23.7. The summed E-state index contributed by atoms with van der Waals surface area (Å²) in [7, 11) is 0. The Hall–Kier alpha value is -8.60. The molecule has 0 bridgehead atoms. The Balaban J connectivity index is 0.936. The normalized spacial score (nSPS) is 12.9. The molecule has 0 fully saturated rings. The van der Waals surface area contributed by atoms with Gasteiger partial charge >= 0.3 is 0 Å². The van der Waals surface area contributed by atoms with Crippen molar-refractivity contribution >= 4 is 87.2 Å². The molecule has 4 heteroatoms. The van der Waals surface area contributed by atoms with Crippen molar-refractivity contribution in [2.45, 2.75) is 0 Å². The predicted molar refractivity (Wildman–Crippen MR) is 269 cm³/mol. The molecule has 0 radical (unpaired) electrons. The molecule has 0 amide bonds. The summed E-state index contributed by atoms with van der Waals surface area (Å²) in [5.41, 5.74) is 14.3. The Bertz CT molecular complexity index is 4400. The first-order chi connectivity index (χ1) is 33.4. The third-order valence-corrected chi connectivity index (χ3v) is 13.3. The van der Waals surface area contributed by atoms with E-state index >= 15 is 0 Å². The van der Waals surface area contributed by atoms with Gasteiger partial charge in [0, 0.05) is 65.7 Å². The molecule has 0 spiro atoms. The number of para-hydroxylation sites is 7. The molecule has 14 rings (SSSR count). The van der Waals surface area contributed by atoms with Gasteiger partial charge in [-0.3, -0.25) is 0 Å². The number of aromatic nitrogens is 4. The van der Waals surface area contributed by atoms with Crippen molar-refractivity contribution in [2.24, 2.45) is 0 Å². The molecule has 0 aliphatic carbocycles. The summed E-state index contributed by atoms with van der Waals surface area (Å²) in [6.07, 6.45) is 0. The molecule has 298 valence electrons. The molecule has 14 aromatic rings. The lowest BCUT2D eigenvalue weighted by Gasteiger charge is -2.16. The zero-order valence-electron chi connectivity index (χ0n) is 38.4. The van der Waals surface area contributed by atoms with Gasteiger partial charge in [-0.2, -0.15) is 0 Å². The van der Waals surface area contributed by atoms with E-state index < -0.39 is 0 Å². The van der Waals surface area contributed by atoms with Gasteiger partial charge in [0.1, 0.15) is 0 Å². The van der Waals surface area contributed by atoms with Gasteiger partial charge in [-0.25, -0.2) is 0 Å². The summed E-state index contributed by atoms with van der Waals surface area (Å²) >= 11 is 0. The van der Waals surface area contributed by atoms with E-state index in [2.05, 4.69) is 196 Å². The lowest BCUT2D eigenvalue weighted by molar-refractivity contribution is 1.16. The highest BCUT2D eigenvalue weighted by atomic mass is 15.0. The monoisotopic (exact) mass is 818 g/mol. The average molecular weight is 819 g/mol. The van der Waals surface area contributed by atoms with Crippen LogP contribution in [0, 0.1) is 0 Å². The number of rotatable bonds is 5. The lowest BCUT2D eigenvalue weighted by Crippen LogP contribution is -1.99. The smallest absolute Gasteiger partial charge is 0.0645 e. The van der Waals surface area contributed by atoms with Crippen LogP contribution in [0.4, 0.5) is 0 Å². The summed E-state index contributed by atoms with van der Waals surface area (Å²) in [5, 5.41) is 8.31. The molecule has 4 nitrogen and oxygen atoms in total. The molecule has 4 aromatic heterocycles. The fourth-order valence-corrected chi connectivity index (χ4v) is 10.6. The second-order valence-corrected chi connectivity index (χ2v) is 16.6. The van der Waals surface area contributed by atoms with Gasteiger partial charge in [-0.15, -0.1) is 0 Å². The number of nitrogens with zero attached hydrogens (tertiary/aromatic N) is 4. The van der Waals surface area contributed by atoms with E-state index in [4.69, 9.17) is 5.48 Å². The lowest BCUT2D eigenvalue weighted by atomic mass is 10.0. The van der Waals surface area contributed by atoms with Crippen molar-refractivity contribution in [2.75, 3.05) is 0 Å². The molecule has 0 atom stereocenters. The first-order valence-corrected chi connectivity index (χ1v) is 21.7. The topological polar surface area (TPSA) is 19.7 Å². The Labute approximate surface area is 373 Å². The fourth-order valence-electron chi connectivity index (χ4n) is 10.6. The van der Waals surface area contributed by atoms with E-state index in [1.165, 1.54) is 32.6 Å². The summed E-state index contributed by atoms with van der Waals surface area (Å²) in [5.74, 6) is 0. The number of fused-ring (bicyclic) bond motifs is 12. The van der Waals surface area contributed by atoms with E-state index in [1.807, 2.05) is 28.8 Å². The average Bonchev–Trinajstić information content (AvgIpc) is 4.12. The molecule has 0 saturated heterocycles. The maximum Gasteiger partial charge on any atom is 0.0645 e. The first kappa shape index (κ1) is 31.3. The Morgan fingerprint density at radius 2 is 0.672 bits per heavy atom. The van der Waals surface area contributed by atoms with Crippen LogP contribution >= 0.6 is 0 Å². The number of benzene rings is 10. The molecule has 10 aromatic carbocycles. The van der Waals surface area contributed by atoms with E-state index in [-0.39, 0.29) is 24.2 Å². The summed E-state index contributed by atoms with van der Waals surface area (Å²) in [4.78, 5) is 0. The van der Waals surface area contributed by atoms with Crippen LogP contribution in [0.5, 0.6) is 0 Å². The molecular weight excluding hydrogens is 777 g/mol. The highest BCUT2D eigenvalue weighted by molar-refractivity contribution is 6.14.